The Bertz CT molecular complexity index is 414. The van der Waals surface area contributed by atoms with Crippen LogP contribution in [0.3, 0.4) is 0 Å². The number of hydrogen-bond donors (Lipinski definition) is 3. The number of rotatable bonds is 3. The van der Waals surface area contributed by atoms with Crippen molar-refractivity contribution in [3.63, 3.8) is 0 Å². The first kappa shape index (κ1) is 11.4. The van der Waals surface area contributed by atoms with Gasteiger partial charge in [0.2, 0.25) is 5.56 Å². The average molecular weight is 222 g/mol. The molecule has 0 amide bonds. The molecule has 2 rings (SSSR count). The van der Waals surface area contributed by atoms with Crippen LogP contribution in [0.15, 0.2) is 16.9 Å². The fourth-order valence-electron chi connectivity index (χ4n) is 2.27. The van der Waals surface area contributed by atoms with Crippen LogP contribution in [0.25, 0.3) is 0 Å². The van der Waals surface area contributed by atoms with E-state index < -0.39 is 0 Å². The van der Waals surface area contributed by atoms with Crippen LogP contribution in [-0.4, -0.2) is 22.7 Å². The highest BCUT2D eigenvalue weighted by Crippen LogP contribution is 2.27. The Balaban J connectivity index is 2.23. The lowest BCUT2D eigenvalue weighted by atomic mass is 9.91. The molecule has 4 heteroatoms. The normalized spacial score (nSPS) is 21.5. The van der Waals surface area contributed by atoms with Crippen LogP contribution < -0.4 is 10.9 Å². The van der Waals surface area contributed by atoms with Gasteiger partial charge in [0.15, 0.2) is 0 Å². The van der Waals surface area contributed by atoms with Crippen molar-refractivity contribution < 1.29 is 5.11 Å². The summed E-state index contributed by atoms with van der Waals surface area (Å²) in [5.74, 6) is 0. The molecule has 1 aromatic heterocycles. The Kier molecular flexibility index (Phi) is 3.41. The minimum Gasteiger partial charge on any atom is -0.395 e. The monoisotopic (exact) mass is 222 g/mol. The number of aliphatic hydroxyl groups excluding tert-OH is 1. The van der Waals surface area contributed by atoms with Crippen LogP contribution in [0, 0.1) is 0 Å². The third-order valence-electron chi connectivity index (χ3n) is 3.09. The summed E-state index contributed by atoms with van der Waals surface area (Å²) >= 11 is 0. The van der Waals surface area contributed by atoms with Gasteiger partial charge in [0.05, 0.1) is 6.61 Å². The van der Waals surface area contributed by atoms with Crippen LogP contribution in [0.1, 0.15) is 37.1 Å². The van der Waals surface area contributed by atoms with Crippen molar-refractivity contribution in [2.75, 3.05) is 6.61 Å². The summed E-state index contributed by atoms with van der Waals surface area (Å²) in [5.41, 5.74) is 2.18. The Morgan fingerprint density at radius 2 is 2.44 bits per heavy atom. The number of H-pyrrole nitrogens is 1. The molecule has 2 unspecified atom stereocenters. The van der Waals surface area contributed by atoms with Crippen molar-refractivity contribution in [3.8, 4) is 0 Å². The van der Waals surface area contributed by atoms with Crippen LogP contribution in [0.4, 0.5) is 0 Å². The molecule has 16 heavy (non-hydrogen) atoms. The molecular weight excluding hydrogens is 204 g/mol. The zero-order valence-corrected chi connectivity index (χ0v) is 9.49. The first-order valence-electron chi connectivity index (χ1n) is 5.79. The van der Waals surface area contributed by atoms with Gasteiger partial charge in [-0.05, 0) is 31.7 Å². The number of nitrogens with one attached hydrogen (secondary N) is 2. The maximum Gasteiger partial charge on any atom is 0.248 e. The van der Waals surface area contributed by atoms with Crippen molar-refractivity contribution in [3.05, 3.63) is 33.7 Å². The molecule has 0 aliphatic heterocycles. The van der Waals surface area contributed by atoms with E-state index in [0.717, 1.165) is 25.0 Å². The Morgan fingerprint density at radius 1 is 1.62 bits per heavy atom. The minimum absolute atomic E-state index is 0.0328. The molecule has 0 radical (unpaired) electrons. The fourth-order valence-corrected chi connectivity index (χ4v) is 2.27. The zero-order valence-electron chi connectivity index (χ0n) is 9.49. The smallest absolute Gasteiger partial charge is 0.248 e. The summed E-state index contributed by atoms with van der Waals surface area (Å²) in [6, 6.07) is 3.81. The molecule has 0 saturated heterocycles. The predicted octanol–water partition coefficient (Wildman–Crippen LogP) is 0.723. The van der Waals surface area contributed by atoms with Crippen molar-refractivity contribution >= 4 is 0 Å². The maximum absolute atomic E-state index is 11.2. The second-order valence-corrected chi connectivity index (χ2v) is 4.45. The Morgan fingerprint density at radius 3 is 3.19 bits per heavy atom. The third-order valence-corrected chi connectivity index (χ3v) is 3.09. The van der Waals surface area contributed by atoms with E-state index >= 15 is 0 Å². The number of aromatic amines is 1. The van der Waals surface area contributed by atoms with E-state index in [2.05, 4.69) is 10.3 Å². The van der Waals surface area contributed by atoms with Gasteiger partial charge in [0.1, 0.15) is 0 Å². The quantitative estimate of drug-likeness (QED) is 0.706. The highest BCUT2D eigenvalue weighted by Gasteiger charge is 2.21. The summed E-state index contributed by atoms with van der Waals surface area (Å²) < 4.78 is 0. The lowest BCUT2D eigenvalue weighted by molar-refractivity contribution is 0.236. The van der Waals surface area contributed by atoms with E-state index in [-0.39, 0.29) is 24.2 Å². The average Bonchev–Trinajstić information content (AvgIpc) is 2.28. The van der Waals surface area contributed by atoms with Crippen molar-refractivity contribution in [1.29, 1.82) is 0 Å². The SMILES string of the molecule is CC(CO)NC1CCCc2[nH]c(=O)ccc21. The van der Waals surface area contributed by atoms with Crippen molar-refractivity contribution in [2.24, 2.45) is 0 Å². The molecular formula is C12H18N2O2. The highest BCUT2D eigenvalue weighted by atomic mass is 16.3. The highest BCUT2D eigenvalue weighted by molar-refractivity contribution is 5.26. The molecule has 3 N–H and O–H groups in total. The lowest BCUT2D eigenvalue weighted by Crippen LogP contribution is -2.35. The number of pyridine rings is 1. The summed E-state index contributed by atoms with van der Waals surface area (Å²) in [6.45, 7) is 2.09. The number of aryl methyl sites for hydroxylation is 1. The van der Waals surface area contributed by atoms with Gasteiger partial charge < -0.3 is 15.4 Å². The molecule has 2 atom stereocenters. The molecule has 1 aliphatic rings. The van der Waals surface area contributed by atoms with Gasteiger partial charge >= 0.3 is 0 Å². The van der Waals surface area contributed by atoms with E-state index in [0.29, 0.717) is 0 Å². The number of aromatic nitrogens is 1. The summed E-state index contributed by atoms with van der Waals surface area (Å²) in [7, 11) is 0. The number of hydrogen-bond acceptors (Lipinski definition) is 3. The molecule has 0 bridgehead atoms. The minimum atomic E-state index is -0.0328. The van der Waals surface area contributed by atoms with Gasteiger partial charge in [0, 0.05) is 23.8 Å². The predicted molar refractivity (Wildman–Crippen MR) is 62.4 cm³/mol. The molecule has 1 aromatic rings. The van der Waals surface area contributed by atoms with Crippen molar-refractivity contribution in [2.45, 2.75) is 38.3 Å². The molecule has 1 aliphatic carbocycles. The second-order valence-electron chi connectivity index (χ2n) is 4.45. The molecule has 0 spiro atoms. The molecule has 0 fully saturated rings. The van der Waals surface area contributed by atoms with E-state index in [1.807, 2.05) is 13.0 Å². The van der Waals surface area contributed by atoms with E-state index in [9.17, 15) is 4.79 Å². The van der Waals surface area contributed by atoms with Gasteiger partial charge in [0.25, 0.3) is 0 Å². The molecule has 88 valence electrons. The van der Waals surface area contributed by atoms with Gasteiger partial charge in [-0.15, -0.1) is 0 Å². The first-order chi connectivity index (χ1) is 7.70. The van der Waals surface area contributed by atoms with E-state index in [1.54, 1.807) is 6.07 Å². The topological polar surface area (TPSA) is 65.1 Å². The molecule has 0 saturated carbocycles. The maximum atomic E-state index is 11.2. The van der Waals surface area contributed by atoms with Gasteiger partial charge in [-0.1, -0.05) is 6.07 Å². The van der Waals surface area contributed by atoms with E-state index in [4.69, 9.17) is 5.11 Å². The first-order valence-corrected chi connectivity index (χ1v) is 5.79. The van der Waals surface area contributed by atoms with E-state index in [1.165, 1.54) is 5.56 Å². The zero-order chi connectivity index (χ0) is 11.5. The fraction of sp³-hybridized carbons (Fsp3) is 0.583. The Hall–Kier alpha value is -1.13. The molecule has 4 nitrogen and oxygen atoms in total. The number of fused-ring (bicyclic) bond motifs is 1. The lowest BCUT2D eigenvalue weighted by Gasteiger charge is -2.28. The van der Waals surface area contributed by atoms with Gasteiger partial charge in [-0.3, -0.25) is 4.79 Å². The number of aliphatic hydroxyl groups is 1. The van der Waals surface area contributed by atoms with Gasteiger partial charge in [-0.2, -0.15) is 0 Å². The third kappa shape index (κ3) is 2.33. The van der Waals surface area contributed by atoms with Crippen LogP contribution >= 0.6 is 0 Å². The Labute approximate surface area is 94.7 Å². The van der Waals surface area contributed by atoms with Crippen LogP contribution in [0.2, 0.25) is 0 Å². The molecule has 0 aromatic carbocycles. The van der Waals surface area contributed by atoms with Crippen LogP contribution in [-0.2, 0) is 6.42 Å². The van der Waals surface area contributed by atoms with Crippen molar-refractivity contribution in [1.82, 2.24) is 10.3 Å². The van der Waals surface area contributed by atoms with Gasteiger partial charge in [-0.25, -0.2) is 0 Å². The molecule has 1 heterocycles. The summed E-state index contributed by atoms with van der Waals surface area (Å²) in [6.07, 6.45) is 3.07. The standard InChI is InChI=1S/C12H18N2O2/c1-8(7-15)13-10-3-2-4-11-9(10)5-6-12(16)14-11/h5-6,8,10,13,15H,2-4,7H2,1H3,(H,14,16). The largest absolute Gasteiger partial charge is 0.395 e. The summed E-state index contributed by atoms with van der Waals surface area (Å²) in [5, 5.41) is 12.4. The second kappa shape index (κ2) is 4.80. The summed E-state index contributed by atoms with van der Waals surface area (Å²) in [4.78, 5) is 14.1. The van der Waals surface area contributed by atoms with Crippen LogP contribution in [0.5, 0.6) is 0 Å².